The number of hydrogen-bond donors (Lipinski definition) is 2. The summed E-state index contributed by atoms with van der Waals surface area (Å²) in [5.41, 5.74) is 2.77. The van der Waals surface area contributed by atoms with Crippen LogP contribution >= 0.6 is 0 Å². The number of aliphatic hydroxyl groups is 2. The van der Waals surface area contributed by atoms with E-state index in [-0.39, 0.29) is 6.61 Å². The zero-order valence-corrected chi connectivity index (χ0v) is 15.8. The van der Waals surface area contributed by atoms with Crippen LogP contribution in [0.25, 0.3) is 0 Å². The average Bonchev–Trinajstić information content (AvgIpc) is 3.02. The zero-order valence-electron chi connectivity index (χ0n) is 15.8. The Kier molecular flexibility index (Phi) is 5.80. The number of aliphatic hydroxyl groups excluding tert-OH is 2. The Morgan fingerprint density at radius 2 is 1.85 bits per heavy atom. The van der Waals surface area contributed by atoms with Crippen LogP contribution in [0.3, 0.4) is 0 Å². The Balaban J connectivity index is 1.41. The van der Waals surface area contributed by atoms with Gasteiger partial charge in [0.25, 0.3) is 0 Å². The second-order valence-corrected chi connectivity index (χ2v) is 7.83. The molecule has 2 aromatic heterocycles. The number of fused-ring (bicyclic) bond motifs is 1. The molecule has 2 aliphatic rings. The van der Waals surface area contributed by atoms with Crippen LogP contribution in [-0.2, 0) is 19.6 Å². The highest BCUT2D eigenvalue weighted by Gasteiger charge is 2.21. The van der Waals surface area contributed by atoms with Crippen LogP contribution in [0.2, 0.25) is 0 Å². The molecule has 0 aromatic carbocycles. The molecule has 1 aliphatic heterocycles. The maximum absolute atomic E-state index is 9.83. The summed E-state index contributed by atoms with van der Waals surface area (Å²) < 4.78 is 1.96. The molecule has 1 saturated carbocycles. The van der Waals surface area contributed by atoms with Gasteiger partial charge in [0, 0.05) is 50.1 Å². The Hall–Kier alpha value is -1.83. The van der Waals surface area contributed by atoms with Crippen molar-refractivity contribution in [2.24, 2.45) is 0 Å². The van der Waals surface area contributed by atoms with Crippen molar-refractivity contribution in [2.45, 2.75) is 70.2 Å². The Bertz CT molecular complexity index is 739. The number of aromatic nitrogens is 4. The summed E-state index contributed by atoms with van der Waals surface area (Å²) in [5, 5.41) is 23.4. The average molecular weight is 371 g/mol. The molecule has 0 amide bonds. The molecule has 3 heterocycles. The van der Waals surface area contributed by atoms with Gasteiger partial charge in [-0.1, -0.05) is 19.3 Å². The maximum atomic E-state index is 9.83. The van der Waals surface area contributed by atoms with E-state index in [0.29, 0.717) is 11.6 Å². The first-order chi connectivity index (χ1) is 13.2. The molecule has 2 aromatic rings. The number of hydrogen-bond acceptors (Lipinski definition) is 6. The van der Waals surface area contributed by atoms with Crippen LogP contribution in [0.15, 0.2) is 18.5 Å². The van der Waals surface area contributed by atoms with Gasteiger partial charge in [-0.05, 0) is 25.3 Å². The van der Waals surface area contributed by atoms with Gasteiger partial charge in [0.05, 0.1) is 18.0 Å². The SMILES string of the molecule is OC[C@H](O)c1cc2n(n1)CCCN(Cc1cnc(C3CCCCC3)nc1)C2. The lowest BCUT2D eigenvalue weighted by Gasteiger charge is -2.21. The molecule has 1 atom stereocenters. The molecule has 146 valence electrons. The van der Waals surface area contributed by atoms with E-state index in [1.54, 1.807) is 0 Å². The largest absolute Gasteiger partial charge is 0.393 e. The lowest BCUT2D eigenvalue weighted by Crippen LogP contribution is -2.23. The van der Waals surface area contributed by atoms with Crippen molar-refractivity contribution < 1.29 is 10.2 Å². The van der Waals surface area contributed by atoms with E-state index in [9.17, 15) is 5.11 Å². The van der Waals surface area contributed by atoms with Crippen molar-refractivity contribution in [2.75, 3.05) is 13.2 Å². The first-order valence-corrected chi connectivity index (χ1v) is 10.1. The van der Waals surface area contributed by atoms with Crippen LogP contribution in [0.4, 0.5) is 0 Å². The van der Waals surface area contributed by atoms with Crippen molar-refractivity contribution >= 4 is 0 Å². The number of rotatable bonds is 5. The van der Waals surface area contributed by atoms with E-state index in [1.165, 1.54) is 32.1 Å². The van der Waals surface area contributed by atoms with Crippen molar-refractivity contribution in [1.82, 2.24) is 24.6 Å². The van der Waals surface area contributed by atoms with E-state index < -0.39 is 6.10 Å². The fraction of sp³-hybridized carbons (Fsp3) is 0.650. The summed E-state index contributed by atoms with van der Waals surface area (Å²) in [6.07, 6.45) is 10.4. The predicted molar refractivity (Wildman–Crippen MR) is 101 cm³/mol. The van der Waals surface area contributed by atoms with Crippen molar-refractivity contribution in [3.63, 3.8) is 0 Å². The number of aryl methyl sites for hydroxylation is 1. The predicted octanol–water partition coefficient (Wildman–Crippen LogP) is 2.15. The molecule has 1 fully saturated rings. The normalized spacial score (nSPS) is 20.2. The summed E-state index contributed by atoms with van der Waals surface area (Å²) >= 11 is 0. The first-order valence-electron chi connectivity index (χ1n) is 10.1. The highest BCUT2D eigenvalue weighted by molar-refractivity contribution is 5.14. The van der Waals surface area contributed by atoms with Crippen LogP contribution in [-0.4, -0.2) is 48.0 Å². The first kappa shape index (κ1) is 18.5. The maximum Gasteiger partial charge on any atom is 0.131 e. The minimum Gasteiger partial charge on any atom is -0.393 e. The quantitative estimate of drug-likeness (QED) is 0.837. The molecule has 0 spiro atoms. The summed E-state index contributed by atoms with van der Waals surface area (Å²) in [6, 6.07) is 1.90. The highest BCUT2D eigenvalue weighted by Crippen LogP contribution is 2.30. The van der Waals surface area contributed by atoms with E-state index in [4.69, 9.17) is 5.11 Å². The summed E-state index contributed by atoms with van der Waals surface area (Å²) in [6.45, 7) is 3.11. The monoisotopic (exact) mass is 371 g/mol. The Labute approximate surface area is 160 Å². The fourth-order valence-corrected chi connectivity index (χ4v) is 4.22. The van der Waals surface area contributed by atoms with Gasteiger partial charge in [0.1, 0.15) is 11.9 Å². The fourth-order valence-electron chi connectivity index (χ4n) is 4.22. The van der Waals surface area contributed by atoms with E-state index >= 15 is 0 Å². The second kappa shape index (κ2) is 8.46. The van der Waals surface area contributed by atoms with Gasteiger partial charge in [-0.3, -0.25) is 9.58 Å². The summed E-state index contributed by atoms with van der Waals surface area (Å²) in [7, 11) is 0. The third-order valence-corrected chi connectivity index (χ3v) is 5.73. The molecule has 0 radical (unpaired) electrons. The van der Waals surface area contributed by atoms with Crippen molar-refractivity contribution in [3.8, 4) is 0 Å². The van der Waals surface area contributed by atoms with E-state index in [2.05, 4.69) is 20.0 Å². The Morgan fingerprint density at radius 1 is 1.07 bits per heavy atom. The zero-order chi connectivity index (χ0) is 18.6. The lowest BCUT2D eigenvalue weighted by atomic mass is 9.89. The van der Waals surface area contributed by atoms with Gasteiger partial charge in [0.2, 0.25) is 0 Å². The minimum atomic E-state index is -0.904. The molecule has 4 rings (SSSR count). The molecular weight excluding hydrogens is 342 g/mol. The molecule has 0 unspecified atom stereocenters. The smallest absolute Gasteiger partial charge is 0.131 e. The van der Waals surface area contributed by atoms with Crippen LogP contribution in [0.1, 0.15) is 73.3 Å². The minimum absolute atomic E-state index is 0.301. The Morgan fingerprint density at radius 3 is 2.59 bits per heavy atom. The number of nitrogens with zero attached hydrogens (tertiary/aromatic N) is 5. The molecular formula is C20H29N5O2. The van der Waals surface area contributed by atoms with Gasteiger partial charge < -0.3 is 10.2 Å². The molecule has 1 aliphatic carbocycles. The third kappa shape index (κ3) is 4.36. The standard InChI is InChI=1S/C20H29N5O2/c26-14-19(27)18-9-17-13-24(7-4-8-25(17)23-18)12-15-10-21-20(22-11-15)16-5-2-1-3-6-16/h9-11,16,19,26-27H,1-8,12-14H2/t19-/m0/s1. The molecule has 2 N–H and O–H groups in total. The molecule has 7 heteroatoms. The molecule has 0 bridgehead atoms. The summed E-state index contributed by atoms with van der Waals surface area (Å²) in [4.78, 5) is 11.7. The molecule has 0 saturated heterocycles. The van der Waals surface area contributed by atoms with Gasteiger partial charge in [-0.2, -0.15) is 5.10 Å². The second-order valence-electron chi connectivity index (χ2n) is 7.83. The summed E-state index contributed by atoms with van der Waals surface area (Å²) in [5.74, 6) is 1.55. The molecule has 7 nitrogen and oxygen atoms in total. The third-order valence-electron chi connectivity index (χ3n) is 5.73. The van der Waals surface area contributed by atoms with Gasteiger partial charge in [-0.25, -0.2) is 9.97 Å². The van der Waals surface area contributed by atoms with Crippen molar-refractivity contribution in [3.05, 3.63) is 41.2 Å². The lowest BCUT2D eigenvalue weighted by molar-refractivity contribution is 0.0916. The van der Waals surface area contributed by atoms with E-state index in [0.717, 1.165) is 49.7 Å². The van der Waals surface area contributed by atoms with E-state index in [1.807, 2.05) is 23.1 Å². The molecule has 27 heavy (non-hydrogen) atoms. The van der Waals surface area contributed by atoms with Crippen LogP contribution < -0.4 is 0 Å². The van der Waals surface area contributed by atoms with Crippen molar-refractivity contribution in [1.29, 1.82) is 0 Å². The topological polar surface area (TPSA) is 87.3 Å². The van der Waals surface area contributed by atoms with Crippen LogP contribution in [0, 0.1) is 0 Å². The van der Waals surface area contributed by atoms with Gasteiger partial charge >= 0.3 is 0 Å². The highest BCUT2D eigenvalue weighted by atomic mass is 16.3. The van der Waals surface area contributed by atoms with Crippen LogP contribution in [0.5, 0.6) is 0 Å². The van der Waals surface area contributed by atoms with Gasteiger partial charge in [0.15, 0.2) is 0 Å². The van der Waals surface area contributed by atoms with Gasteiger partial charge in [-0.15, -0.1) is 0 Å².